The van der Waals surface area contributed by atoms with Gasteiger partial charge >= 0.3 is 0 Å². The monoisotopic (exact) mass is 457 g/mol. The molecule has 0 saturated heterocycles. The van der Waals surface area contributed by atoms with Crippen molar-refractivity contribution in [3.05, 3.63) is 63.7 Å². The molecular weight excluding hydrogens is 434 g/mol. The third-order valence-electron chi connectivity index (χ3n) is 4.97. The number of halogens is 1. The van der Waals surface area contributed by atoms with Gasteiger partial charge in [-0.2, -0.15) is 0 Å². The van der Waals surface area contributed by atoms with E-state index in [1.807, 2.05) is 13.8 Å². The van der Waals surface area contributed by atoms with Gasteiger partial charge in [0.25, 0.3) is 11.8 Å². The van der Waals surface area contributed by atoms with E-state index in [1.165, 1.54) is 0 Å². The van der Waals surface area contributed by atoms with Crippen LogP contribution >= 0.6 is 11.6 Å². The molecule has 4 amide bonds. The van der Waals surface area contributed by atoms with Crippen LogP contribution in [0.5, 0.6) is 5.75 Å². The molecule has 2 aromatic rings. The Labute approximate surface area is 190 Å². The fourth-order valence-electron chi connectivity index (χ4n) is 3.28. The molecule has 1 aliphatic heterocycles. The summed E-state index contributed by atoms with van der Waals surface area (Å²) in [6.07, 6.45) is 0.493. The number of imide groups is 1. The maximum Gasteiger partial charge on any atom is 0.261 e. The van der Waals surface area contributed by atoms with Gasteiger partial charge in [0.1, 0.15) is 5.75 Å². The van der Waals surface area contributed by atoms with Crippen molar-refractivity contribution in [2.24, 2.45) is 0 Å². The summed E-state index contributed by atoms with van der Waals surface area (Å²) in [4.78, 5) is 49.7. The topological polar surface area (TPSA) is 105 Å². The van der Waals surface area contributed by atoms with Gasteiger partial charge < -0.3 is 4.74 Å². The van der Waals surface area contributed by atoms with E-state index in [-0.39, 0.29) is 25.3 Å². The van der Waals surface area contributed by atoms with Crippen LogP contribution in [0.15, 0.2) is 36.4 Å². The van der Waals surface area contributed by atoms with Gasteiger partial charge in [0.05, 0.1) is 17.7 Å². The lowest BCUT2D eigenvalue weighted by Gasteiger charge is -2.14. The molecule has 9 heteroatoms. The van der Waals surface area contributed by atoms with E-state index in [4.69, 9.17) is 16.3 Å². The van der Waals surface area contributed by atoms with Crippen molar-refractivity contribution in [1.82, 2.24) is 15.8 Å². The van der Waals surface area contributed by atoms with Crippen LogP contribution in [0.2, 0.25) is 5.02 Å². The Hall–Kier alpha value is -3.39. The van der Waals surface area contributed by atoms with Gasteiger partial charge in [-0.3, -0.25) is 34.9 Å². The van der Waals surface area contributed by atoms with Crippen LogP contribution in [0.3, 0.4) is 0 Å². The number of carbonyl (C=O) groups excluding carboxylic acids is 4. The van der Waals surface area contributed by atoms with Crippen LogP contribution in [0.25, 0.3) is 0 Å². The molecule has 1 aliphatic rings. The van der Waals surface area contributed by atoms with Crippen LogP contribution < -0.4 is 15.6 Å². The molecule has 168 valence electrons. The number of amides is 4. The number of hydrazine groups is 1. The van der Waals surface area contributed by atoms with Crippen LogP contribution in [0.1, 0.15) is 51.1 Å². The second-order valence-electron chi connectivity index (χ2n) is 7.52. The van der Waals surface area contributed by atoms with Gasteiger partial charge in [-0.1, -0.05) is 23.2 Å². The minimum absolute atomic E-state index is 0.0681. The zero-order chi connectivity index (χ0) is 23.3. The number of rotatable bonds is 8. The van der Waals surface area contributed by atoms with E-state index in [2.05, 4.69) is 10.9 Å². The lowest BCUT2D eigenvalue weighted by molar-refractivity contribution is -0.129. The molecule has 0 atom stereocenters. The van der Waals surface area contributed by atoms with Gasteiger partial charge in [-0.15, -0.1) is 0 Å². The van der Waals surface area contributed by atoms with Crippen molar-refractivity contribution >= 4 is 35.2 Å². The Bertz CT molecular complexity index is 1070. The zero-order valence-electron chi connectivity index (χ0n) is 17.9. The number of carbonyl (C=O) groups is 4. The van der Waals surface area contributed by atoms with Crippen molar-refractivity contribution in [1.29, 1.82) is 0 Å². The lowest BCUT2D eigenvalue weighted by atomic mass is 10.1. The molecule has 3 rings (SSSR count). The quantitative estimate of drug-likeness (QED) is 0.360. The Kier molecular flexibility index (Phi) is 7.48. The molecule has 0 unspecified atom stereocenters. The van der Waals surface area contributed by atoms with E-state index >= 15 is 0 Å². The first-order valence-electron chi connectivity index (χ1n) is 10.2. The third kappa shape index (κ3) is 5.64. The minimum Gasteiger partial charge on any atom is -0.493 e. The summed E-state index contributed by atoms with van der Waals surface area (Å²) in [5, 5.41) is 0.628. The maximum atomic E-state index is 12.4. The molecule has 1 heterocycles. The summed E-state index contributed by atoms with van der Waals surface area (Å²) in [5.74, 6) is -1.00. The molecule has 0 aliphatic carbocycles. The van der Waals surface area contributed by atoms with Gasteiger partial charge in [-0.25, -0.2) is 0 Å². The Morgan fingerprint density at radius 3 is 2.34 bits per heavy atom. The van der Waals surface area contributed by atoms with E-state index < -0.39 is 17.7 Å². The summed E-state index contributed by atoms with van der Waals surface area (Å²) in [7, 11) is 0. The predicted octanol–water partition coefficient (Wildman–Crippen LogP) is 2.95. The van der Waals surface area contributed by atoms with Crippen molar-refractivity contribution < 1.29 is 23.9 Å². The van der Waals surface area contributed by atoms with Crippen LogP contribution in [0, 0.1) is 13.8 Å². The highest BCUT2D eigenvalue weighted by Crippen LogP contribution is 2.24. The fourth-order valence-corrected chi connectivity index (χ4v) is 3.50. The largest absolute Gasteiger partial charge is 0.493 e. The molecule has 0 aromatic heterocycles. The molecule has 0 radical (unpaired) electrons. The SMILES string of the molecule is Cc1ccc2c(c1)C(=O)N(CCC(=O)NNC(=O)CCCOc1ccc(Cl)cc1C)C2=O. The normalized spacial score (nSPS) is 12.5. The molecule has 0 spiro atoms. The molecule has 8 nitrogen and oxygen atoms in total. The first-order valence-corrected chi connectivity index (χ1v) is 10.6. The van der Waals surface area contributed by atoms with Crippen molar-refractivity contribution in [3.63, 3.8) is 0 Å². The average molecular weight is 458 g/mol. The fraction of sp³-hybridized carbons (Fsp3) is 0.304. The highest BCUT2D eigenvalue weighted by Gasteiger charge is 2.35. The Balaban J connectivity index is 1.35. The van der Waals surface area contributed by atoms with Crippen LogP contribution in [-0.4, -0.2) is 41.7 Å². The number of aryl methyl sites for hydroxylation is 2. The van der Waals surface area contributed by atoms with Gasteiger partial charge in [0.2, 0.25) is 11.8 Å². The average Bonchev–Trinajstić information content (AvgIpc) is 2.98. The Morgan fingerprint density at radius 2 is 1.62 bits per heavy atom. The molecule has 0 fully saturated rings. The number of nitrogens with one attached hydrogen (secondary N) is 2. The smallest absolute Gasteiger partial charge is 0.261 e. The summed E-state index contributed by atoms with van der Waals surface area (Å²) >= 11 is 5.90. The second-order valence-corrected chi connectivity index (χ2v) is 7.96. The highest BCUT2D eigenvalue weighted by molar-refractivity contribution is 6.30. The van der Waals surface area contributed by atoms with Crippen LogP contribution in [0.4, 0.5) is 0 Å². The number of hydrogen-bond acceptors (Lipinski definition) is 5. The standard InChI is InChI=1S/C23H24ClN3O5/c1-14-5-7-17-18(12-14)23(31)27(22(17)30)10-9-21(29)26-25-20(28)4-3-11-32-19-8-6-16(24)13-15(19)2/h5-8,12-13H,3-4,9-11H2,1-2H3,(H,25,28)(H,26,29). The van der Waals surface area contributed by atoms with E-state index in [9.17, 15) is 19.2 Å². The summed E-state index contributed by atoms with van der Waals surface area (Å²) < 4.78 is 5.62. The summed E-state index contributed by atoms with van der Waals surface area (Å²) in [6, 6.07) is 10.3. The Morgan fingerprint density at radius 1 is 0.938 bits per heavy atom. The van der Waals surface area contributed by atoms with E-state index in [0.717, 1.165) is 16.0 Å². The molecule has 0 saturated carbocycles. The first kappa shape index (κ1) is 23.3. The van der Waals surface area contributed by atoms with Gasteiger partial charge in [0, 0.05) is 24.4 Å². The van der Waals surface area contributed by atoms with E-state index in [1.54, 1.807) is 36.4 Å². The number of ether oxygens (including phenoxy) is 1. The second kappa shape index (κ2) is 10.3. The molecule has 2 N–H and O–H groups in total. The molecule has 32 heavy (non-hydrogen) atoms. The number of fused-ring (bicyclic) bond motifs is 1. The summed E-state index contributed by atoms with van der Waals surface area (Å²) in [5.41, 5.74) is 7.09. The molecule has 2 aromatic carbocycles. The van der Waals surface area contributed by atoms with Crippen molar-refractivity contribution in [2.75, 3.05) is 13.2 Å². The van der Waals surface area contributed by atoms with Gasteiger partial charge in [-0.05, 0) is 56.2 Å². The van der Waals surface area contributed by atoms with Crippen molar-refractivity contribution in [3.8, 4) is 5.75 Å². The van der Waals surface area contributed by atoms with E-state index in [0.29, 0.717) is 34.9 Å². The number of benzene rings is 2. The zero-order valence-corrected chi connectivity index (χ0v) is 18.6. The highest BCUT2D eigenvalue weighted by atomic mass is 35.5. The van der Waals surface area contributed by atoms with Gasteiger partial charge in [0.15, 0.2) is 0 Å². The third-order valence-corrected chi connectivity index (χ3v) is 5.21. The lowest BCUT2D eigenvalue weighted by Crippen LogP contribution is -2.43. The summed E-state index contributed by atoms with van der Waals surface area (Å²) in [6.45, 7) is 3.98. The maximum absolute atomic E-state index is 12.4. The minimum atomic E-state index is -0.501. The predicted molar refractivity (Wildman–Crippen MR) is 118 cm³/mol. The molecular formula is C23H24ClN3O5. The first-order chi connectivity index (χ1) is 15.3. The molecule has 0 bridgehead atoms. The van der Waals surface area contributed by atoms with Crippen molar-refractivity contribution in [2.45, 2.75) is 33.1 Å². The number of hydrogen-bond donors (Lipinski definition) is 2. The van der Waals surface area contributed by atoms with Crippen LogP contribution in [-0.2, 0) is 9.59 Å². The number of nitrogens with zero attached hydrogens (tertiary/aromatic N) is 1.